The van der Waals surface area contributed by atoms with Gasteiger partial charge < -0.3 is 5.73 Å². The Kier molecular flexibility index (Phi) is 4.39. The molecule has 2 rings (SSSR count). The Bertz CT molecular complexity index is 471. The van der Waals surface area contributed by atoms with Crippen molar-refractivity contribution in [3.8, 4) is 0 Å². The second kappa shape index (κ2) is 5.86. The molecule has 0 aromatic heterocycles. The summed E-state index contributed by atoms with van der Waals surface area (Å²) in [4.78, 5) is 12.7. The average molecular weight is 284 g/mol. The fourth-order valence-electron chi connectivity index (χ4n) is 2.70. The van der Waals surface area contributed by atoms with Gasteiger partial charge in [-0.25, -0.2) is 0 Å². The molecule has 0 saturated carbocycles. The molecule has 1 fully saturated rings. The molecule has 1 aromatic carbocycles. The molecule has 19 heavy (non-hydrogen) atoms. The summed E-state index contributed by atoms with van der Waals surface area (Å²) in [5.41, 5.74) is 6.87. The van der Waals surface area contributed by atoms with Crippen LogP contribution in [0.4, 0.5) is 5.69 Å². The minimum absolute atomic E-state index is 0.0338. The lowest BCUT2D eigenvalue weighted by Gasteiger charge is -2.34. The van der Waals surface area contributed by atoms with E-state index in [0.717, 1.165) is 25.1 Å². The third-order valence-electron chi connectivity index (χ3n) is 3.38. The number of benzene rings is 1. The fraction of sp³-hybridized carbons (Fsp3) is 0.538. The Morgan fingerprint density at radius 1 is 1.53 bits per heavy atom. The molecule has 0 spiro atoms. The normalized spacial score (nSPS) is 24.4. The smallest absolute Gasteiger partial charge is 0.288 e. The number of piperidine rings is 1. The molecule has 104 valence electrons. The van der Waals surface area contributed by atoms with Gasteiger partial charge in [-0.15, -0.1) is 0 Å². The van der Waals surface area contributed by atoms with Crippen molar-refractivity contribution in [2.24, 2.45) is 11.7 Å². The van der Waals surface area contributed by atoms with Gasteiger partial charge in [-0.1, -0.05) is 24.6 Å². The molecular formula is C13H18ClN3O2. The van der Waals surface area contributed by atoms with Crippen LogP contribution in [0.15, 0.2) is 18.2 Å². The van der Waals surface area contributed by atoms with Crippen LogP contribution in [0.3, 0.4) is 0 Å². The van der Waals surface area contributed by atoms with Crippen molar-refractivity contribution in [1.82, 2.24) is 4.90 Å². The molecule has 2 unspecified atom stereocenters. The van der Waals surface area contributed by atoms with E-state index in [2.05, 4.69) is 11.8 Å². The van der Waals surface area contributed by atoms with Gasteiger partial charge in [0.1, 0.15) is 5.02 Å². The Morgan fingerprint density at radius 3 is 2.89 bits per heavy atom. The highest BCUT2D eigenvalue weighted by Gasteiger charge is 2.22. The van der Waals surface area contributed by atoms with E-state index in [9.17, 15) is 10.1 Å². The van der Waals surface area contributed by atoms with Crippen LogP contribution in [-0.4, -0.2) is 29.0 Å². The van der Waals surface area contributed by atoms with Gasteiger partial charge >= 0.3 is 0 Å². The summed E-state index contributed by atoms with van der Waals surface area (Å²) in [5, 5.41) is 11.0. The van der Waals surface area contributed by atoms with E-state index < -0.39 is 4.92 Å². The van der Waals surface area contributed by atoms with E-state index in [1.54, 1.807) is 12.1 Å². The molecule has 0 amide bonds. The molecule has 1 aromatic rings. The zero-order valence-corrected chi connectivity index (χ0v) is 11.6. The summed E-state index contributed by atoms with van der Waals surface area (Å²) in [6.45, 7) is 4.66. The van der Waals surface area contributed by atoms with Gasteiger partial charge in [0, 0.05) is 31.7 Å². The summed E-state index contributed by atoms with van der Waals surface area (Å²) >= 11 is 5.81. The lowest BCUT2D eigenvalue weighted by molar-refractivity contribution is -0.384. The molecule has 2 N–H and O–H groups in total. The van der Waals surface area contributed by atoms with E-state index in [-0.39, 0.29) is 16.8 Å². The molecule has 1 heterocycles. The molecule has 0 radical (unpaired) electrons. The van der Waals surface area contributed by atoms with Gasteiger partial charge in [-0.3, -0.25) is 15.0 Å². The number of nitrogens with two attached hydrogens (primary N) is 1. The first-order valence-electron chi connectivity index (χ1n) is 6.36. The molecule has 1 aliphatic heterocycles. The number of hydrogen-bond acceptors (Lipinski definition) is 4. The van der Waals surface area contributed by atoms with Gasteiger partial charge in [-0.05, 0) is 24.0 Å². The molecule has 1 saturated heterocycles. The lowest BCUT2D eigenvalue weighted by Crippen LogP contribution is -2.45. The van der Waals surface area contributed by atoms with Gasteiger partial charge in [0.2, 0.25) is 0 Å². The summed E-state index contributed by atoms with van der Waals surface area (Å²) < 4.78 is 0. The van der Waals surface area contributed by atoms with Crippen molar-refractivity contribution in [3.63, 3.8) is 0 Å². The lowest BCUT2D eigenvalue weighted by atomic mass is 9.96. The Hall–Kier alpha value is -1.17. The maximum Gasteiger partial charge on any atom is 0.288 e. The highest BCUT2D eigenvalue weighted by atomic mass is 35.5. The van der Waals surface area contributed by atoms with E-state index in [4.69, 9.17) is 17.3 Å². The topological polar surface area (TPSA) is 72.4 Å². The van der Waals surface area contributed by atoms with Gasteiger partial charge in [0.25, 0.3) is 5.69 Å². The highest BCUT2D eigenvalue weighted by molar-refractivity contribution is 6.32. The molecule has 1 aliphatic rings. The van der Waals surface area contributed by atoms with Crippen LogP contribution in [-0.2, 0) is 6.54 Å². The van der Waals surface area contributed by atoms with Crippen LogP contribution >= 0.6 is 11.6 Å². The molecule has 5 nitrogen and oxygen atoms in total. The number of rotatable bonds is 3. The highest BCUT2D eigenvalue weighted by Crippen LogP contribution is 2.26. The van der Waals surface area contributed by atoms with Crippen LogP contribution in [0, 0.1) is 16.0 Å². The Labute approximate surface area is 117 Å². The van der Waals surface area contributed by atoms with Crippen molar-refractivity contribution in [2.75, 3.05) is 13.1 Å². The average Bonchev–Trinajstić information content (AvgIpc) is 2.30. The number of hydrogen-bond donors (Lipinski definition) is 1. The zero-order chi connectivity index (χ0) is 14.0. The quantitative estimate of drug-likeness (QED) is 0.683. The van der Waals surface area contributed by atoms with Crippen molar-refractivity contribution in [2.45, 2.75) is 25.9 Å². The van der Waals surface area contributed by atoms with Crippen molar-refractivity contribution in [1.29, 1.82) is 0 Å². The Balaban J connectivity index is 2.10. The third kappa shape index (κ3) is 3.65. The molecule has 2 atom stereocenters. The van der Waals surface area contributed by atoms with Crippen LogP contribution in [0.2, 0.25) is 5.02 Å². The van der Waals surface area contributed by atoms with E-state index in [1.165, 1.54) is 0 Å². The second-order valence-electron chi connectivity index (χ2n) is 5.34. The Morgan fingerprint density at radius 2 is 2.26 bits per heavy atom. The summed E-state index contributed by atoms with van der Waals surface area (Å²) in [6, 6.07) is 5.15. The van der Waals surface area contributed by atoms with E-state index >= 15 is 0 Å². The van der Waals surface area contributed by atoms with Crippen molar-refractivity contribution < 1.29 is 4.92 Å². The predicted molar refractivity (Wildman–Crippen MR) is 75.1 cm³/mol. The van der Waals surface area contributed by atoms with Crippen LogP contribution in [0.5, 0.6) is 0 Å². The van der Waals surface area contributed by atoms with E-state index in [1.807, 2.05) is 6.07 Å². The molecule has 0 aliphatic carbocycles. The first-order valence-corrected chi connectivity index (χ1v) is 6.74. The van der Waals surface area contributed by atoms with Gasteiger partial charge in [0.05, 0.1) is 4.92 Å². The number of nitrogens with zero attached hydrogens (tertiary/aromatic N) is 2. The van der Waals surface area contributed by atoms with Crippen LogP contribution in [0.1, 0.15) is 18.9 Å². The third-order valence-corrected chi connectivity index (χ3v) is 3.70. The predicted octanol–water partition coefficient (Wildman–Crippen LogP) is 2.42. The number of nitro benzene ring substituents is 1. The maximum atomic E-state index is 10.9. The van der Waals surface area contributed by atoms with E-state index in [0.29, 0.717) is 12.5 Å². The number of halogens is 1. The van der Waals surface area contributed by atoms with Crippen LogP contribution < -0.4 is 5.73 Å². The maximum absolute atomic E-state index is 10.9. The minimum atomic E-state index is -0.448. The summed E-state index contributed by atoms with van der Waals surface area (Å²) in [6.07, 6.45) is 1.04. The second-order valence-corrected chi connectivity index (χ2v) is 5.75. The molecule has 6 heteroatoms. The van der Waals surface area contributed by atoms with Crippen molar-refractivity contribution >= 4 is 17.3 Å². The number of likely N-dealkylation sites (tertiary alicyclic amines) is 1. The van der Waals surface area contributed by atoms with Crippen molar-refractivity contribution in [3.05, 3.63) is 38.9 Å². The monoisotopic (exact) mass is 283 g/mol. The van der Waals surface area contributed by atoms with Gasteiger partial charge in [-0.2, -0.15) is 0 Å². The summed E-state index contributed by atoms with van der Waals surface area (Å²) in [7, 11) is 0. The fourth-order valence-corrected chi connectivity index (χ4v) is 2.88. The first kappa shape index (κ1) is 14.2. The number of nitro groups is 1. The SMILES string of the molecule is CC1CC(N)CN(Cc2ccc(Cl)c([N+](=O)[O-])c2)C1. The molecule has 0 bridgehead atoms. The van der Waals surface area contributed by atoms with Gasteiger partial charge in [0.15, 0.2) is 0 Å². The van der Waals surface area contributed by atoms with Crippen LogP contribution in [0.25, 0.3) is 0 Å². The largest absolute Gasteiger partial charge is 0.327 e. The first-order chi connectivity index (χ1) is 8.95. The molecular weight excluding hydrogens is 266 g/mol. The standard InChI is InChI=1S/C13H18ClN3O2/c1-9-4-11(15)8-16(6-9)7-10-2-3-12(14)13(5-10)17(18)19/h2-3,5,9,11H,4,6-8,15H2,1H3. The summed E-state index contributed by atoms with van der Waals surface area (Å²) in [5.74, 6) is 0.561. The minimum Gasteiger partial charge on any atom is -0.327 e. The zero-order valence-electron chi connectivity index (χ0n) is 10.9.